The van der Waals surface area contributed by atoms with Crippen LogP contribution in [0, 0.1) is 0 Å². The molecular formula is C12H26Br2O. The molecule has 0 aliphatic rings. The first-order chi connectivity index (χ1) is 6.81. The predicted octanol–water partition coefficient (Wildman–Crippen LogP) is 4.85. The number of rotatable bonds is 10. The number of hydrogen-bond donors (Lipinski definition) is 0. The molecule has 3 heteroatoms. The molecule has 0 amide bonds. The molecule has 0 fully saturated rings. The molecule has 0 aliphatic carbocycles. The Labute approximate surface area is 112 Å². The quantitative estimate of drug-likeness (QED) is 0.400. The van der Waals surface area contributed by atoms with E-state index in [4.69, 9.17) is 0 Å². The van der Waals surface area contributed by atoms with Gasteiger partial charge in [-0.25, -0.2) is 0 Å². The van der Waals surface area contributed by atoms with Crippen LogP contribution in [0.1, 0.15) is 64.7 Å². The van der Waals surface area contributed by atoms with Crippen molar-refractivity contribution in [3.05, 3.63) is 0 Å². The molecule has 0 aromatic heterocycles. The summed E-state index contributed by atoms with van der Waals surface area (Å²) < 4.78 is 0. The van der Waals surface area contributed by atoms with Crippen molar-refractivity contribution >= 4 is 31.9 Å². The molecule has 0 aromatic rings. The van der Waals surface area contributed by atoms with Crippen LogP contribution in [-0.2, 0) is 0 Å². The van der Waals surface area contributed by atoms with Gasteiger partial charge in [-0.3, -0.25) is 0 Å². The highest BCUT2D eigenvalue weighted by Crippen LogP contribution is 2.15. The summed E-state index contributed by atoms with van der Waals surface area (Å²) >= 11 is 7.11. The van der Waals surface area contributed by atoms with Gasteiger partial charge in [0.2, 0.25) is 0 Å². The molecule has 0 heterocycles. The third-order valence-electron chi connectivity index (χ3n) is 2.54. The third-order valence-corrected chi connectivity index (χ3v) is 4.97. The summed E-state index contributed by atoms with van der Waals surface area (Å²) in [4.78, 5) is 0.683. The van der Waals surface area contributed by atoms with Crippen LogP contribution >= 0.6 is 31.9 Å². The van der Waals surface area contributed by atoms with Crippen LogP contribution in [0.5, 0.6) is 0 Å². The van der Waals surface area contributed by atoms with Crippen molar-refractivity contribution in [2.24, 2.45) is 0 Å². The van der Waals surface area contributed by atoms with Crippen LogP contribution in [0.4, 0.5) is 0 Å². The SMILES string of the molecule is CCCCCCCCCCC(Br)CBr.O. The first kappa shape index (κ1) is 18.3. The van der Waals surface area contributed by atoms with Gasteiger partial charge in [0.25, 0.3) is 0 Å². The Hall–Kier alpha value is 0.920. The molecule has 0 spiro atoms. The van der Waals surface area contributed by atoms with E-state index in [1.807, 2.05) is 0 Å². The van der Waals surface area contributed by atoms with Gasteiger partial charge in [-0.05, 0) is 6.42 Å². The minimum atomic E-state index is 0. The van der Waals surface area contributed by atoms with E-state index in [0.29, 0.717) is 4.83 Å². The third kappa shape index (κ3) is 14.9. The van der Waals surface area contributed by atoms with Crippen molar-refractivity contribution in [3.63, 3.8) is 0 Å². The van der Waals surface area contributed by atoms with Crippen molar-refractivity contribution in [1.82, 2.24) is 0 Å². The molecular weight excluding hydrogens is 320 g/mol. The molecule has 0 aromatic carbocycles. The van der Waals surface area contributed by atoms with Gasteiger partial charge < -0.3 is 5.48 Å². The van der Waals surface area contributed by atoms with Crippen LogP contribution in [0.3, 0.4) is 0 Å². The van der Waals surface area contributed by atoms with Crippen LogP contribution in [0.15, 0.2) is 0 Å². The van der Waals surface area contributed by atoms with E-state index in [1.165, 1.54) is 57.8 Å². The molecule has 0 saturated heterocycles. The number of hydrogen-bond acceptors (Lipinski definition) is 0. The molecule has 1 atom stereocenters. The molecule has 0 saturated carbocycles. The standard InChI is InChI=1S/C12H24Br2.H2O/c1-2-3-4-5-6-7-8-9-10-12(14)11-13;/h12H,2-11H2,1H3;1H2. The minimum absolute atomic E-state index is 0. The Balaban J connectivity index is 0. The Bertz CT molecular complexity index is 110. The van der Waals surface area contributed by atoms with E-state index in [2.05, 4.69) is 38.8 Å². The lowest BCUT2D eigenvalue weighted by molar-refractivity contribution is 0.566. The largest absolute Gasteiger partial charge is 0.412 e. The maximum absolute atomic E-state index is 3.63. The second kappa shape index (κ2) is 14.9. The van der Waals surface area contributed by atoms with E-state index in [1.54, 1.807) is 0 Å². The van der Waals surface area contributed by atoms with Crippen LogP contribution in [0.25, 0.3) is 0 Å². The Morgan fingerprint density at radius 3 is 1.80 bits per heavy atom. The zero-order chi connectivity index (χ0) is 10.6. The van der Waals surface area contributed by atoms with Gasteiger partial charge in [0.05, 0.1) is 0 Å². The fraction of sp³-hybridized carbons (Fsp3) is 1.00. The van der Waals surface area contributed by atoms with Crippen LogP contribution in [-0.4, -0.2) is 15.6 Å². The van der Waals surface area contributed by atoms with Crippen molar-refractivity contribution < 1.29 is 5.48 Å². The van der Waals surface area contributed by atoms with Gasteiger partial charge in [-0.15, -0.1) is 0 Å². The highest BCUT2D eigenvalue weighted by Gasteiger charge is 2.00. The Morgan fingerprint density at radius 1 is 0.867 bits per heavy atom. The van der Waals surface area contributed by atoms with E-state index in [0.717, 1.165) is 5.33 Å². The molecule has 15 heavy (non-hydrogen) atoms. The highest BCUT2D eigenvalue weighted by atomic mass is 79.9. The molecule has 2 N–H and O–H groups in total. The molecule has 0 radical (unpaired) electrons. The van der Waals surface area contributed by atoms with Crippen LogP contribution in [0.2, 0.25) is 0 Å². The summed E-state index contributed by atoms with van der Waals surface area (Å²) in [7, 11) is 0. The van der Waals surface area contributed by atoms with Crippen molar-refractivity contribution in [2.75, 3.05) is 5.33 Å². The monoisotopic (exact) mass is 344 g/mol. The van der Waals surface area contributed by atoms with E-state index in [9.17, 15) is 0 Å². The molecule has 0 bridgehead atoms. The first-order valence-electron chi connectivity index (χ1n) is 6.01. The summed E-state index contributed by atoms with van der Waals surface area (Å²) in [6.45, 7) is 2.27. The zero-order valence-corrected chi connectivity index (χ0v) is 13.1. The lowest BCUT2D eigenvalue weighted by atomic mass is 10.1. The highest BCUT2D eigenvalue weighted by molar-refractivity contribution is 9.12. The first-order valence-corrected chi connectivity index (χ1v) is 8.05. The van der Waals surface area contributed by atoms with E-state index < -0.39 is 0 Å². The summed E-state index contributed by atoms with van der Waals surface area (Å²) in [5, 5.41) is 1.09. The maximum atomic E-state index is 3.63. The van der Waals surface area contributed by atoms with Gasteiger partial charge in [0.15, 0.2) is 0 Å². The molecule has 1 unspecified atom stereocenters. The van der Waals surface area contributed by atoms with Crippen molar-refractivity contribution in [1.29, 1.82) is 0 Å². The number of unbranched alkanes of at least 4 members (excludes halogenated alkanes) is 7. The summed E-state index contributed by atoms with van der Waals surface area (Å²) in [6, 6.07) is 0. The average molecular weight is 346 g/mol. The summed E-state index contributed by atoms with van der Waals surface area (Å²) in [5.41, 5.74) is 0. The van der Waals surface area contributed by atoms with Gasteiger partial charge in [-0.2, -0.15) is 0 Å². The second-order valence-corrected chi connectivity index (χ2v) is 5.96. The number of halogens is 2. The lowest BCUT2D eigenvalue weighted by Gasteiger charge is -2.05. The predicted molar refractivity (Wildman–Crippen MR) is 77.3 cm³/mol. The van der Waals surface area contributed by atoms with Crippen molar-refractivity contribution in [2.45, 2.75) is 69.5 Å². The molecule has 1 nitrogen and oxygen atoms in total. The normalized spacial score (nSPS) is 12.2. The molecule has 0 rings (SSSR count). The van der Waals surface area contributed by atoms with E-state index in [-0.39, 0.29) is 5.48 Å². The van der Waals surface area contributed by atoms with Crippen LogP contribution < -0.4 is 0 Å². The smallest absolute Gasteiger partial charge is 0.0242 e. The summed E-state index contributed by atoms with van der Waals surface area (Å²) in [6.07, 6.45) is 12.7. The zero-order valence-electron chi connectivity index (χ0n) is 9.90. The Morgan fingerprint density at radius 2 is 1.33 bits per heavy atom. The van der Waals surface area contributed by atoms with E-state index >= 15 is 0 Å². The topological polar surface area (TPSA) is 31.5 Å². The van der Waals surface area contributed by atoms with Gasteiger partial charge in [-0.1, -0.05) is 90.2 Å². The fourth-order valence-corrected chi connectivity index (χ4v) is 2.22. The average Bonchev–Trinajstić information content (AvgIpc) is 2.21. The molecule has 0 aliphatic heterocycles. The molecule has 94 valence electrons. The minimum Gasteiger partial charge on any atom is -0.412 e. The number of alkyl halides is 2. The van der Waals surface area contributed by atoms with Gasteiger partial charge >= 0.3 is 0 Å². The fourth-order valence-electron chi connectivity index (χ4n) is 1.58. The second-order valence-electron chi connectivity index (χ2n) is 4.02. The summed E-state index contributed by atoms with van der Waals surface area (Å²) in [5.74, 6) is 0. The van der Waals surface area contributed by atoms with Gasteiger partial charge in [0, 0.05) is 10.2 Å². The lowest BCUT2D eigenvalue weighted by Crippen LogP contribution is -1.97. The Kier molecular flexibility index (Phi) is 18.2. The van der Waals surface area contributed by atoms with Crippen molar-refractivity contribution in [3.8, 4) is 0 Å². The van der Waals surface area contributed by atoms with Gasteiger partial charge in [0.1, 0.15) is 0 Å². The maximum Gasteiger partial charge on any atom is 0.0242 e.